The SMILES string of the molecule is CCC(C)(C)C(=O)OC(C)C(F)(F)F.CCC(C)(C)C(=O)OC1CC(F)(F)C1(F)F.CCC(C)(C)C(=O)OCC(F)(F)C(F)(F)F.CCC(C)(C)C(=O)OCC(F)(F)F.CCC(C)(C)C(=O)OCCCF.CCC(C)(C)C(=O)OCCF.F.FC(F)(F)F. The first-order chi connectivity index (χ1) is 38.4. The number of esters is 6. The van der Waals surface area contributed by atoms with Crippen molar-refractivity contribution in [3.8, 4) is 0 Å². The summed E-state index contributed by atoms with van der Waals surface area (Å²) in [5.41, 5.74) is -4.61. The van der Waals surface area contributed by atoms with Crippen molar-refractivity contribution in [2.24, 2.45) is 32.5 Å². The van der Waals surface area contributed by atoms with E-state index in [1.54, 1.807) is 69.2 Å². The van der Waals surface area contributed by atoms with Gasteiger partial charge < -0.3 is 28.4 Å². The van der Waals surface area contributed by atoms with E-state index in [2.05, 4.69) is 23.7 Å². The van der Waals surface area contributed by atoms with Crippen LogP contribution < -0.4 is 0 Å². The van der Waals surface area contributed by atoms with Gasteiger partial charge in [-0.15, -0.1) is 17.6 Å². The Balaban J connectivity index is -0.000000176. The summed E-state index contributed by atoms with van der Waals surface area (Å²) in [6.07, 6.45) is -22.0. The van der Waals surface area contributed by atoms with Crippen molar-refractivity contribution in [1.29, 1.82) is 0 Å². The van der Waals surface area contributed by atoms with Crippen LogP contribution in [-0.4, -0.2) is 131 Å². The van der Waals surface area contributed by atoms with E-state index in [4.69, 9.17) is 4.74 Å². The second-order valence-electron chi connectivity index (χ2n) is 22.8. The highest BCUT2D eigenvalue weighted by Crippen LogP contribution is 2.53. The van der Waals surface area contributed by atoms with Gasteiger partial charge in [0.2, 0.25) is 0 Å². The van der Waals surface area contributed by atoms with Gasteiger partial charge in [0.1, 0.15) is 13.3 Å². The van der Waals surface area contributed by atoms with Gasteiger partial charge in [0, 0.05) is 6.42 Å². The van der Waals surface area contributed by atoms with Crippen LogP contribution in [0.2, 0.25) is 0 Å². The van der Waals surface area contributed by atoms with Crippen LogP contribution in [-0.2, 0) is 57.2 Å². The lowest BCUT2D eigenvalue weighted by Crippen LogP contribution is -2.64. The Morgan fingerprint density at radius 3 is 0.977 bits per heavy atom. The van der Waals surface area contributed by atoms with E-state index in [1.807, 2.05) is 27.7 Å². The topological polar surface area (TPSA) is 158 Å². The third-order valence-corrected chi connectivity index (χ3v) is 12.9. The van der Waals surface area contributed by atoms with Crippen LogP contribution >= 0.6 is 0 Å². The quantitative estimate of drug-likeness (QED) is 0.0438. The monoisotopic (exact) mass is 1350 g/mol. The highest BCUT2D eigenvalue weighted by Gasteiger charge is 2.74. The molecule has 1 rings (SSSR count). The summed E-state index contributed by atoms with van der Waals surface area (Å²) in [4.78, 5) is 67.1. The third kappa shape index (κ3) is 40.8. The molecular formula is C54H88F22O12. The van der Waals surface area contributed by atoms with Crippen molar-refractivity contribution in [3.05, 3.63) is 0 Å². The molecule has 0 heterocycles. The second-order valence-corrected chi connectivity index (χ2v) is 22.8. The number of alkyl halides is 21. The first-order valence-corrected chi connectivity index (χ1v) is 26.7. The zero-order valence-electron chi connectivity index (χ0n) is 52.8. The Hall–Kier alpha value is -4.72. The molecule has 1 fully saturated rings. The van der Waals surface area contributed by atoms with Crippen LogP contribution in [0.25, 0.3) is 0 Å². The molecule has 88 heavy (non-hydrogen) atoms. The van der Waals surface area contributed by atoms with Crippen molar-refractivity contribution in [1.82, 2.24) is 0 Å². The van der Waals surface area contributed by atoms with E-state index in [-0.39, 0.29) is 36.3 Å². The molecule has 1 aliphatic carbocycles. The maximum atomic E-state index is 12.8. The summed E-state index contributed by atoms with van der Waals surface area (Å²) >= 11 is 0. The largest absolute Gasteiger partial charge is 0.559 e. The Bertz CT molecular complexity index is 1990. The van der Waals surface area contributed by atoms with Gasteiger partial charge in [-0.05, 0) is 129 Å². The predicted molar refractivity (Wildman–Crippen MR) is 278 cm³/mol. The van der Waals surface area contributed by atoms with E-state index >= 15 is 0 Å². The van der Waals surface area contributed by atoms with Crippen LogP contribution in [0, 0.1) is 32.5 Å². The molecule has 0 aliphatic heterocycles. The molecule has 0 spiro atoms. The summed E-state index contributed by atoms with van der Waals surface area (Å²) in [6, 6.07) is 0. The minimum absolute atomic E-state index is 0. The first-order valence-electron chi connectivity index (χ1n) is 26.7. The summed E-state index contributed by atoms with van der Waals surface area (Å²) in [7, 11) is 0. The van der Waals surface area contributed by atoms with Crippen molar-refractivity contribution in [2.75, 3.05) is 39.8 Å². The molecule has 0 aromatic heterocycles. The van der Waals surface area contributed by atoms with Crippen LogP contribution in [0.15, 0.2) is 0 Å². The summed E-state index contributed by atoms with van der Waals surface area (Å²) in [5, 5.41) is 0. The maximum Gasteiger partial charge on any atom is 0.559 e. The van der Waals surface area contributed by atoms with Gasteiger partial charge in [-0.25, -0.2) is 4.39 Å². The van der Waals surface area contributed by atoms with E-state index in [0.29, 0.717) is 32.1 Å². The molecule has 2 unspecified atom stereocenters. The van der Waals surface area contributed by atoms with Crippen molar-refractivity contribution < 1.29 is 154 Å². The van der Waals surface area contributed by atoms with Crippen LogP contribution in [0.1, 0.15) is 183 Å². The summed E-state index contributed by atoms with van der Waals surface area (Å²) in [5.74, 6) is -17.4. The second kappa shape index (κ2) is 39.5. The molecule has 530 valence electrons. The molecule has 0 radical (unpaired) electrons. The van der Waals surface area contributed by atoms with E-state index in [9.17, 15) is 121 Å². The molecule has 1 aliphatic rings. The molecule has 34 heteroatoms. The molecule has 0 aromatic carbocycles. The molecule has 0 N–H and O–H groups in total. The summed E-state index contributed by atoms with van der Waals surface area (Å²) in [6.45, 7) is 26.2. The number of hydrogen-bond donors (Lipinski definition) is 0. The highest BCUT2D eigenvalue weighted by atomic mass is 19.5. The number of rotatable bonds is 22. The van der Waals surface area contributed by atoms with E-state index < -0.39 is 144 Å². The van der Waals surface area contributed by atoms with Crippen LogP contribution in [0.5, 0.6) is 0 Å². The number of ether oxygens (including phenoxy) is 6. The molecule has 2 atom stereocenters. The summed E-state index contributed by atoms with van der Waals surface area (Å²) < 4.78 is 270. The average Bonchev–Trinajstić information content (AvgIpc) is 3.37. The Morgan fingerprint density at radius 1 is 0.443 bits per heavy atom. The van der Waals surface area contributed by atoms with Crippen LogP contribution in [0.4, 0.5) is 96.9 Å². The first kappa shape index (κ1) is 96.9. The fourth-order valence-corrected chi connectivity index (χ4v) is 3.78. The van der Waals surface area contributed by atoms with Crippen molar-refractivity contribution in [3.63, 3.8) is 0 Å². The van der Waals surface area contributed by atoms with Crippen molar-refractivity contribution >= 4 is 35.8 Å². The standard InChI is InChI=1S/C10H14F4O2.C9H13F5O2.C9H15F3O2.C9H17FO2.C8H13F3O2.C8H15FO2.CF4.FH/c1-4-8(2,3)7(15)16-6-5-9(11,12)10(6,13)14;1-4-7(2,3)6(15)16-5-8(10,11)9(12,13)14;1-5-8(3,4)7(13)14-6(2)9(10,11)12;1-4-9(2,3)8(11)12-7-5-6-10;1-4-7(2,3)6(12)13-5-8(9,10)11;1-4-8(2,3)7(10)11-6-5-9;2-1(3,4)5;/h6H,4-5H2,1-3H3;4-5H2,1-3H3;6H,5H2,1-4H3;4-7H2,1-3H3;4-5H2,1-3H3;4-6H2,1-3H3;;1H. The molecule has 0 saturated heterocycles. The maximum absolute atomic E-state index is 12.8. The highest BCUT2D eigenvalue weighted by molar-refractivity contribution is 5.78. The lowest BCUT2D eigenvalue weighted by Gasteiger charge is -2.43. The molecule has 1 saturated carbocycles. The molecule has 0 amide bonds. The van der Waals surface area contributed by atoms with E-state index in [1.165, 1.54) is 27.7 Å². The number of carbonyl (C=O) groups excluding carboxylic acids is 6. The van der Waals surface area contributed by atoms with Gasteiger partial charge in [-0.3, -0.25) is 37.9 Å². The van der Waals surface area contributed by atoms with Gasteiger partial charge in [-0.1, -0.05) is 41.5 Å². The minimum atomic E-state index is -5.70. The predicted octanol–water partition coefficient (Wildman–Crippen LogP) is 17.5. The van der Waals surface area contributed by atoms with E-state index in [0.717, 1.165) is 13.3 Å². The Labute approximate surface area is 499 Å². The zero-order chi connectivity index (χ0) is 71.3. The van der Waals surface area contributed by atoms with Gasteiger partial charge >= 0.3 is 78.5 Å². The van der Waals surface area contributed by atoms with Gasteiger partial charge in [0.05, 0.1) is 52.2 Å². The fraction of sp³-hybridized carbons (Fsp3) is 0.889. The minimum Gasteiger partial charge on any atom is -0.465 e. The van der Waals surface area contributed by atoms with Gasteiger partial charge in [0.25, 0.3) is 0 Å². The van der Waals surface area contributed by atoms with Crippen LogP contribution in [0.3, 0.4) is 0 Å². The Kier molecular flexibility index (Phi) is 43.5. The molecule has 0 bridgehead atoms. The molecule has 0 aromatic rings. The smallest absolute Gasteiger partial charge is 0.465 e. The normalized spacial score (nSPS) is 15.3. The lowest BCUT2D eigenvalue weighted by molar-refractivity contribution is -0.334. The average molecular weight is 1350 g/mol. The van der Waals surface area contributed by atoms with Gasteiger partial charge in [0.15, 0.2) is 25.4 Å². The van der Waals surface area contributed by atoms with Gasteiger partial charge in [-0.2, -0.15) is 65.9 Å². The zero-order valence-corrected chi connectivity index (χ0v) is 52.8. The number of halogens is 22. The number of carbonyl (C=O) groups is 6. The van der Waals surface area contributed by atoms with Crippen molar-refractivity contribution in [2.45, 2.75) is 238 Å². The number of hydrogen-bond acceptors (Lipinski definition) is 12. The molecule has 12 nitrogen and oxygen atoms in total. The third-order valence-electron chi connectivity index (χ3n) is 12.9. The Morgan fingerprint density at radius 2 is 0.727 bits per heavy atom. The lowest BCUT2D eigenvalue weighted by atomic mass is 9.84. The molecular weight excluding hydrogens is 1260 g/mol. The fourth-order valence-electron chi connectivity index (χ4n) is 3.78.